The Kier molecular flexibility index (Phi) is 3.07. The molecule has 0 spiro atoms. The van der Waals surface area contributed by atoms with Gasteiger partial charge in [0.15, 0.2) is 0 Å². The first-order chi connectivity index (χ1) is 8.73. The minimum absolute atomic E-state index is 0.123. The predicted molar refractivity (Wildman–Crippen MR) is 76.8 cm³/mol. The standard InChI is InChI=1S/C17H30O2/c1-15(12-4-5-12,10-16(2,18)13-6-7-13)11-17(3,19)14-8-9-14/h12-14,18-19H,4-11H2,1-3H3. The molecule has 0 aromatic carbocycles. The van der Waals surface area contributed by atoms with Crippen LogP contribution in [0.5, 0.6) is 0 Å². The summed E-state index contributed by atoms with van der Waals surface area (Å²) in [5, 5.41) is 21.5. The van der Waals surface area contributed by atoms with E-state index in [-0.39, 0.29) is 5.41 Å². The summed E-state index contributed by atoms with van der Waals surface area (Å²) in [7, 11) is 0. The molecule has 2 N–H and O–H groups in total. The van der Waals surface area contributed by atoms with Gasteiger partial charge in [0.05, 0.1) is 11.2 Å². The summed E-state index contributed by atoms with van der Waals surface area (Å²) in [4.78, 5) is 0. The van der Waals surface area contributed by atoms with Crippen molar-refractivity contribution < 1.29 is 10.2 Å². The van der Waals surface area contributed by atoms with Crippen LogP contribution in [0.2, 0.25) is 0 Å². The molecule has 0 radical (unpaired) electrons. The quantitative estimate of drug-likeness (QED) is 0.740. The molecule has 0 saturated heterocycles. The molecule has 3 saturated carbocycles. The molecule has 3 fully saturated rings. The van der Waals surface area contributed by atoms with E-state index in [1.54, 1.807) is 0 Å². The lowest BCUT2D eigenvalue weighted by molar-refractivity contribution is -0.0622. The van der Waals surface area contributed by atoms with Crippen molar-refractivity contribution >= 4 is 0 Å². The normalized spacial score (nSPS) is 33.3. The maximum absolute atomic E-state index is 10.7. The van der Waals surface area contributed by atoms with Gasteiger partial charge in [-0.3, -0.25) is 0 Å². The van der Waals surface area contributed by atoms with Gasteiger partial charge in [0.25, 0.3) is 0 Å². The zero-order valence-electron chi connectivity index (χ0n) is 12.8. The summed E-state index contributed by atoms with van der Waals surface area (Å²) in [6.45, 7) is 6.37. The van der Waals surface area contributed by atoms with Crippen molar-refractivity contribution in [2.75, 3.05) is 0 Å². The summed E-state index contributed by atoms with van der Waals surface area (Å²) in [5.74, 6) is 1.75. The van der Waals surface area contributed by atoms with Crippen molar-refractivity contribution in [1.29, 1.82) is 0 Å². The van der Waals surface area contributed by atoms with Gasteiger partial charge in [-0.2, -0.15) is 0 Å². The number of aliphatic hydroxyl groups is 2. The molecule has 19 heavy (non-hydrogen) atoms. The van der Waals surface area contributed by atoms with E-state index in [9.17, 15) is 10.2 Å². The van der Waals surface area contributed by atoms with E-state index >= 15 is 0 Å². The van der Waals surface area contributed by atoms with E-state index in [1.807, 2.05) is 13.8 Å². The lowest BCUT2D eigenvalue weighted by Crippen LogP contribution is -2.42. The zero-order chi connectivity index (χ0) is 13.9. The third kappa shape index (κ3) is 3.00. The third-order valence-electron chi connectivity index (χ3n) is 6.00. The van der Waals surface area contributed by atoms with Gasteiger partial charge in [-0.15, -0.1) is 0 Å². The van der Waals surface area contributed by atoms with Gasteiger partial charge in [-0.05, 0) is 88.4 Å². The molecule has 0 aromatic rings. The summed E-state index contributed by atoms with van der Waals surface area (Å²) >= 11 is 0. The van der Waals surface area contributed by atoms with Crippen molar-refractivity contribution in [2.45, 2.75) is 83.3 Å². The first kappa shape index (κ1) is 13.9. The van der Waals surface area contributed by atoms with E-state index in [1.165, 1.54) is 38.5 Å². The molecule has 3 rings (SSSR count). The molecule has 0 amide bonds. The van der Waals surface area contributed by atoms with Crippen LogP contribution in [0.3, 0.4) is 0 Å². The first-order valence-corrected chi connectivity index (χ1v) is 8.18. The molecule has 2 unspecified atom stereocenters. The van der Waals surface area contributed by atoms with Crippen LogP contribution in [0.25, 0.3) is 0 Å². The summed E-state index contributed by atoms with van der Waals surface area (Å²) in [6, 6.07) is 0. The Morgan fingerprint density at radius 2 is 1.00 bits per heavy atom. The van der Waals surface area contributed by atoms with Crippen LogP contribution < -0.4 is 0 Å². The van der Waals surface area contributed by atoms with Crippen LogP contribution in [0.15, 0.2) is 0 Å². The molecule has 3 aliphatic rings. The molecule has 0 heterocycles. The molecule has 2 nitrogen and oxygen atoms in total. The van der Waals surface area contributed by atoms with E-state index in [4.69, 9.17) is 0 Å². The van der Waals surface area contributed by atoms with Gasteiger partial charge < -0.3 is 10.2 Å². The fourth-order valence-corrected chi connectivity index (χ4v) is 4.47. The van der Waals surface area contributed by atoms with E-state index in [2.05, 4.69) is 6.92 Å². The lowest BCUT2D eigenvalue weighted by Gasteiger charge is -2.42. The molecular weight excluding hydrogens is 236 g/mol. The third-order valence-corrected chi connectivity index (χ3v) is 6.00. The number of hydrogen-bond acceptors (Lipinski definition) is 2. The van der Waals surface area contributed by atoms with Crippen molar-refractivity contribution in [3.8, 4) is 0 Å². The van der Waals surface area contributed by atoms with Crippen LogP contribution in [0.4, 0.5) is 0 Å². The van der Waals surface area contributed by atoms with Gasteiger partial charge in [-0.1, -0.05) is 6.92 Å². The van der Waals surface area contributed by atoms with Gasteiger partial charge in [0.1, 0.15) is 0 Å². The summed E-state index contributed by atoms with van der Waals surface area (Å²) < 4.78 is 0. The number of hydrogen-bond donors (Lipinski definition) is 2. The molecule has 0 bridgehead atoms. The van der Waals surface area contributed by atoms with Crippen LogP contribution in [0.1, 0.15) is 72.1 Å². The molecule has 0 aromatic heterocycles. The Morgan fingerprint density at radius 1 is 0.684 bits per heavy atom. The van der Waals surface area contributed by atoms with Crippen LogP contribution in [-0.2, 0) is 0 Å². The van der Waals surface area contributed by atoms with Crippen molar-refractivity contribution in [1.82, 2.24) is 0 Å². The smallest absolute Gasteiger partial charge is 0.0653 e. The minimum atomic E-state index is -0.517. The second-order valence-electron chi connectivity index (χ2n) is 8.54. The highest BCUT2D eigenvalue weighted by molar-refractivity contribution is 5.04. The molecule has 3 aliphatic carbocycles. The molecule has 2 heteroatoms. The van der Waals surface area contributed by atoms with Crippen molar-refractivity contribution in [3.63, 3.8) is 0 Å². The van der Waals surface area contributed by atoms with Gasteiger partial charge in [0, 0.05) is 0 Å². The average molecular weight is 266 g/mol. The molecule has 0 aliphatic heterocycles. The highest BCUT2D eigenvalue weighted by atomic mass is 16.3. The Hall–Kier alpha value is -0.0800. The largest absolute Gasteiger partial charge is 0.390 e. The molecular formula is C17H30O2. The molecule has 2 atom stereocenters. The Labute approximate surface area is 117 Å². The summed E-state index contributed by atoms with van der Waals surface area (Å²) in [6.07, 6.45) is 9.07. The Bertz CT molecular complexity index is 320. The van der Waals surface area contributed by atoms with Crippen molar-refractivity contribution in [3.05, 3.63) is 0 Å². The van der Waals surface area contributed by atoms with Crippen LogP contribution in [0, 0.1) is 23.2 Å². The van der Waals surface area contributed by atoms with E-state index in [0.29, 0.717) is 11.8 Å². The van der Waals surface area contributed by atoms with Crippen molar-refractivity contribution in [2.24, 2.45) is 23.2 Å². The van der Waals surface area contributed by atoms with Gasteiger partial charge in [0.2, 0.25) is 0 Å². The van der Waals surface area contributed by atoms with Gasteiger partial charge in [-0.25, -0.2) is 0 Å². The average Bonchev–Trinajstić information content (AvgIpc) is 3.18. The Balaban J connectivity index is 1.71. The maximum atomic E-state index is 10.7. The highest BCUT2D eigenvalue weighted by Gasteiger charge is 2.53. The first-order valence-electron chi connectivity index (χ1n) is 8.18. The monoisotopic (exact) mass is 266 g/mol. The van der Waals surface area contributed by atoms with E-state index in [0.717, 1.165) is 18.8 Å². The summed E-state index contributed by atoms with van der Waals surface area (Å²) in [5.41, 5.74) is -0.911. The SMILES string of the molecule is CC(O)(CC(C)(CC(C)(O)C1CC1)C1CC1)C1CC1. The fraction of sp³-hybridized carbons (Fsp3) is 1.00. The molecule has 110 valence electrons. The van der Waals surface area contributed by atoms with E-state index < -0.39 is 11.2 Å². The predicted octanol–water partition coefficient (Wildman–Crippen LogP) is 3.50. The number of rotatable bonds is 7. The topological polar surface area (TPSA) is 40.5 Å². The minimum Gasteiger partial charge on any atom is -0.390 e. The maximum Gasteiger partial charge on any atom is 0.0653 e. The lowest BCUT2D eigenvalue weighted by atomic mass is 9.67. The zero-order valence-corrected chi connectivity index (χ0v) is 12.8. The highest BCUT2D eigenvalue weighted by Crippen LogP contribution is 2.58. The second kappa shape index (κ2) is 4.21. The second-order valence-corrected chi connectivity index (χ2v) is 8.54. The Morgan fingerprint density at radius 3 is 1.26 bits per heavy atom. The van der Waals surface area contributed by atoms with Crippen LogP contribution in [-0.4, -0.2) is 21.4 Å². The van der Waals surface area contributed by atoms with Gasteiger partial charge >= 0.3 is 0 Å². The van der Waals surface area contributed by atoms with Crippen LogP contribution >= 0.6 is 0 Å². The fourth-order valence-electron chi connectivity index (χ4n) is 4.47.